The Bertz CT molecular complexity index is 744. The van der Waals surface area contributed by atoms with Gasteiger partial charge < -0.3 is 0 Å². The summed E-state index contributed by atoms with van der Waals surface area (Å²) in [6, 6.07) is 2.61. The highest BCUT2D eigenvalue weighted by molar-refractivity contribution is 7.90. The molecule has 0 saturated carbocycles. The van der Waals surface area contributed by atoms with Crippen molar-refractivity contribution in [3.8, 4) is 0 Å². The van der Waals surface area contributed by atoms with Gasteiger partial charge in [0.25, 0.3) is 10.0 Å². The monoisotopic (exact) mass is 349 g/mol. The molecule has 0 unspecified atom stereocenters. The Morgan fingerprint density at radius 3 is 2.57 bits per heavy atom. The van der Waals surface area contributed by atoms with Crippen molar-refractivity contribution in [3.63, 3.8) is 0 Å². The number of sulfonamides is 1. The van der Waals surface area contributed by atoms with Crippen molar-refractivity contribution < 1.29 is 26.4 Å². The molecule has 1 aromatic rings. The smallest absolute Gasteiger partial charge is 0.299 e. The van der Waals surface area contributed by atoms with Crippen molar-refractivity contribution in [1.29, 1.82) is 0 Å². The van der Waals surface area contributed by atoms with Gasteiger partial charge in [0.1, 0.15) is 0 Å². The SMILES string of the molecule is CCC1=CCN(C(=O)NS(=O)(=O)c2ccccc2C(F)(F)F)N1. The van der Waals surface area contributed by atoms with Crippen LogP contribution in [0.1, 0.15) is 18.9 Å². The third-order valence-electron chi connectivity index (χ3n) is 3.13. The summed E-state index contributed by atoms with van der Waals surface area (Å²) in [6.45, 7) is 1.95. The molecule has 6 nitrogen and oxygen atoms in total. The number of carbonyl (C=O) groups excluding carboxylic acids is 1. The van der Waals surface area contributed by atoms with Crippen LogP contribution in [0.15, 0.2) is 40.9 Å². The molecule has 10 heteroatoms. The Morgan fingerprint density at radius 1 is 1.35 bits per heavy atom. The number of carbonyl (C=O) groups is 1. The molecule has 23 heavy (non-hydrogen) atoms. The molecule has 0 aliphatic carbocycles. The molecule has 0 atom stereocenters. The van der Waals surface area contributed by atoms with E-state index in [1.54, 1.807) is 10.8 Å². The number of rotatable bonds is 3. The molecule has 1 aromatic carbocycles. The zero-order valence-corrected chi connectivity index (χ0v) is 12.8. The maximum absolute atomic E-state index is 12.9. The van der Waals surface area contributed by atoms with E-state index in [2.05, 4.69) is 5.43 Å². The summed E-state index contributed by atoms with van der Waals surface area (Å²) in [5, 5.41) is 0.965. The summed E-state index contributed by atoms with van der Waals surface area (Å²) in [6.07, 6.45) is -2.57. The minimum atomic E-state index is -4.85. The Kier molecular flexibility index (Phi) is 4.55. The third-order valence-corrected chi connectivity index (χ3v) is 4.51. The number of hydrogen-bond donors (Lipinski definition) is 2. The van der Waals surface area contributed by atoms with Gasteiger partial charge in [0.2, 0.25) is 0 Å². The van der Waals surface area contributed by atoms with E-state index in [9.17, 15) is 26.4 Å². The van der Waals surface area contributed by atoms with Crippen LogP contribution in [-0.4, -0.2) is 26.0 Å². The van der Waals surface area contributed by atoms with Crippen molar-refractivity contribution in [3.05, 3.63) is 41.6 Å². The van der Waals surface area contributed by atoms with Gasteiger partial charge in [-0.1, -0.05) is 19.1 Å². The van der Waals surface area contributed by atoms with E-state index < -0.39 is 32.7 Å². The van der Waals surface area contributed by atoms with Crippen molar-refractivity contribution in [2.75, 3.05) is 6.54 Å². The molecule has 126 valence electrons. The molecule has 1 heterocycles. The molecular formula is C13H14F3N3O3S. The lowest BCUT2D eigenvalue weighted by Gasteiger charge is -2.19. The molecule has 0 aromatic heterocycles. The van der Waals surface area contributed by atoms with Crippen LogP contribution >= 0.6 is 0 Å². The first-order valence-corrected chi connectivity index (χ1v) is 8.09. The average Bonchev–Trinajstić information content (AvgIpc) is 2.95. The summed E-state index contributed by atoms with van der Waals surface area (Å²) in [7, 11) is -4.66. The number of urea groups is 1. The Balaban J connectivity index is 2.22. The zero-order chi connectivity index (χ0) is 17.3. The first kappa shape index (κ1) is 17.1. The van der Waals surface area contributed by atoms with Gasteiger partial charge in [0.15, 0.2) is 0 Å². The van der Waals surface area contributed by atoms with Crippen molar-refractivity contribution in [2.45, 2.75) is 24.4 Å². The summed E-state index contributed by atoms with van der Waals surface area (Å²) >= 11 is 0. The topological polar surface area (TPSA) is 78.5 Å². The van der Waals surface area contributed by atoms with Crippen LogP contribution < -0.4 is 10.1 Å². The Morgan fingerprint density at radius 2 is 2.00 bits per heavy atom. The summed E-state index contributed by atoms with van der Waals surface area (Å²) in [5.74, 6) is 0. The van der Waals surface area contributed by atoms with Gasteiger partial charge >= 0.3 is 12.2 Å². The van der Waals surface area contributed by atoms with Gasteiger partial charge in [-0.2, -0.15) is 13.2 Å². The molecule has 2 N–H and O–H groups in total. The van der Waals surface area contributed by atoms with Gasteiger partial charge in [-0.05, 0) is 24.6 Å². The number of allylic oxidation sites excluding steroid dienone is 1. The van der Waals surface area contributed by atoms with Crippen LogP contribution in [0.25, 0.3) is 0 Å². The van der Waals surface area contributed by atoms with Crippen LogP contribution in [0.5, 0.6) is 0 Å². The minimum absolute atomic E-state index is 0.117. The van der Waals surface area contributed by atoms with Crippen LogP contribution in [0.4, 0.5) is 18.0 Å². The fraction of sp³-hybridized carbons (Fsp3) is 0.308. The number of alkyl halides is 3. The molecule has 0 bridgehead atoms. The maximum Gasteiger partial charge on any atom is 0.417 e. The number of nitrogens with zero attached hydrogens (tertiary/aromatic N) is 1. The predicted molar refractivity (Wildman–Crippen MR) is 75.4 cm³/mol. The maximum atomic E-state index is 12.9. The van der Waals surface area contributed by atoms with Gasteiger partial charge in [-0.25, -0.2) is 22.9 Å². The average molecular weight is 349 g/mol. The molecule has 2 rings (SSSR count). The van der Waals surface area contributed by atoms with E-state index in [4.69, 9.17) is 0 Å². The first-order valence-electron chi connectivity index (χ1n) is 6.61. The second kappa shape index (κ2) is 6.11. The summed E-state index contributed by atoms with van der Waals surface area (Å²) < 4.78 is 64.6. The van der Waals surface area contributed by atoms with Crippen LogP contribution in [0.3, 0.4) is 0 Å². The number of hydrogen-bond acceptors (Lipinski definition) is 4. The number of halogens is 3. The molecule has 0 spiro atoms. The molecule has 0 radical (unpaired) electrons. The molecule has 1 aliphatic rings. The molecule has 2 amide bonds. The molecule has 1 aliphatic heterocycles. The van der Waals surface area contributed by atoms with Crippen LogP contribution in [0.2, 0.25) is 0 Å². The standard InChI is InChI=1S/C13H14F3N3O3S/c1-2-9-7-8-19(17-9)12(20)18-23(21,22)11-6-4-3-5-10(11)13(14,15)16/h3-7,17H,2,8H2,1H3,(H,18,20). The van der Waals surface area contributed by atoms with Gasteiger partial charge in [0.05, 0.1) is 17.0 Å². The van der Waals surface area contributed by atoms with E-state index >= 15 is 0 Å². The number of hydrazine groups is 1. The van der Waals surface area contributed by atoms with Crippen molar-refractivity contribution >= 4 is 16.1 Å². The third kappa shape index (κ3) is 3.76. The highest BCUT2D eigenvalue weighted by Crippen LogP contribution is 2.33. The highest BCUT2D eigenvalue weighted by Gasteiger charge is 2.37. The minimum Gasteiger partial charge on any atom is -0.299 e. The van der Waals surface area contributed by atoms with E-state index in [1.807, 2.05) is 6.92 Å². The number of benzene rings is 1. The van der Waals surface area contributed by atoms with E-state index in [1.165, 1.54) is 0 Å². The van der Waals surface area contributed by atoms with E-state index in [0.717, 1.165) is 23.2 Å². The fourth-order valence-corrected chi connectivity index (χ4v) is 3.16. The molecular weight excluding hydrogens is 335 g/mol. The second-order valence-electron chi connectivity index (χ2n) is 4.71. The van der Waals surface area contributed by atoms with Gasteiger partial charge in [-0.15, -0.1) is 0 Å². The van der Waals surface area contributed by atoms with Crippen molar-refractivity contribution in [2.24, 2.45) is 0 Å². The quantitative estimate of drug-likeness (QED) is 0.877. The lowest BCUT2D eigenvalue weighted by molar-refractivity contribution is -0.139. The first-order chi connectivity index (χ1) is 10.6. The van der Waals surface area contributed by atoms with Crippen LogP contribution in [-0.2, 0) is 16.2 Å². The van der Waals surface area contributed by atoms with Gasteiger partial charge in [-0.3, -0.25) is 5.43 Å². The van der Waals surface area contributed by atoms with E-state index in [0.29, 0.717) is 18.2 Å². The Labute approximate surface area is 131 Å². The summed E-state index contributed by atoms with van der Waals surface area (Å²) in [4.78, 5) is 10.9. The van der Waals surface area contributed by atoms with Gasteiger partial charge in [0, 0.05) is 5.70 Å². The zero-order valence-electron chi connectivity index (χ0n) is 12.0. The normalized spacial score (nSPS) is 15.1. The van der Waals surface area contributed by atoms with E-state index in [-0.39, 0.29) is 6.54 Å². The largest absolute Gasteiger partial charge is 0.417 e. The highest BCUT2D eigenvalue weighted by atomic mass is 32.2. The van der Waals surface area contributed by atoms with Crippen LogP contribution in [0, 0.1) is 0 Å². The Hall–Kier alpha value is -2.23. The second-order valence-corrected chi connectivity index (χ2v) is 6.36. The predicted octanol–water partition coefficient (Wildman–Crippen LogP) is 2.22. The number of amides is 2. The van der Waals surface area contributed by atoms with Crippen molar-refractivity contribution in [1.82, 2.24) is 15.2 Å². The fourth-order valence-electron chi connectivity index (χ4n) is 1.98. The number of nitrogens with one attached hydrogen (secondary N) is 2. The summed E-state index contributed by atoms with van der Waals surface area (Å²) in [5.41, 5.74) is 2.04. The molecule has 0 saturated heterocycles. The lowest BCUT2D eigenvalue weighted by atomic mass is 10.2. The molecule has 0 fully saturated rings. The lowest BCUT2D eigenvalue weighted by Crippen LogP contribution is -2.47.